The van der Waals surface area contributed by atoms with Crippen molar-refractivity contribution in [1.82, 2.24) is 9.80 Å². The Labute approximate surface area is 155 Å². The van der Waals surface area contributed by atoms with Gasteiger partial charge in [-0.25, -0.2) is 4.39 Å². The number of aliphatic hydroxyl groups excluding tert-OH is 1. The lowest BCUT2D eigenvalue weighted by molar-refractivity contribution is 0.0177. The van der Waals surface area contributed by atoms with Crippen LogP contribution < -0.4 is 0 Å². The predicted octanol–water partition coefficient (Wildman–Crippen LogP) is 3.25. The van der Waals surface area contributed by atoms with Crippen molar-refractivity contribution in [3.63, 3.8) is 0 Å². The quantitative estimate of drug-likeness (QED) is 0.841. The monoisotopic (exact) mass is 357 g/mol. The van der Waals surface area contributed by atoms with E-state index in [0.717, 1.165) is 57.4 Å². The van der Waals surface area contributed by atoms with Crippen LogP contribution in [0.1, 0.15) is 38.2 Å². The maximum atomic E-state index is 13.1. The minimum absolute atomic E-state index is 0.273. The molecule has 4 nitrogen and oxygen atoms in total. The maximum absolute atomic E-state index is 13.1. The molecule has 2 fully saturated rings. The van der Waals surface area contributed by atoms with E-state index in [9.17, 15) is 14.8 Å². The first-order valence-corrected chi connectivity index (χ1v) is 9.59. The van der Waals surface area contributed by atoms with Crippen molar-refractivity contribution in [2.45, 2.75) is 38.8 Å². The first-order valence-electron chi connectivity index (χ1n) is 9.59. The van der Waals surface area contributed by atoms with E-state index in [1.54, 1.807) is 12.1 Å². The van der Waals surface area contributed by atoms with Gasteiger partial charge in [0.05, 0.1) is 17.8 Å². The first-order chi connectivity index (χ1) is 12.6. The molecule has 1 N–H and O–H groups in total. The average Bonchev–Trinajstić information content (AvgIpc) is 2.70. The summed E-state index contributed by atoms with van der Waals surface area (Å²) < 4.78 is 13.1. The summed E-state index contributed by atoms with van der Waals surface area (Å²) in [5.41, 5.74) is 2.71. The van der Waals surface area contributed by atoms with Gasteiger partial charge < -0.3 is 5.11 Å². The van der Waals surface area contributed by atoms with Crippen LogP contribution in [0.4, 0.5) is 4.39 Å². The number of rotatable bonds is 4. The molecule has 2 saturated heterocycles. The van der Waals surface area contributed by atoms with E-state index in [2.05, 4.69) is 22.8 Å². The summed E-state index contributed by atoms with van der Waals surface area (Å²) in [7, 11) is 0. The van der Waals surface area contributed by atoms with Gasteiger partial charge in [0.2, 0.25) is 0 Å². The van der Waals surface area contributed by atoms with E-state index in [0.29, 0.717) is 24.3 Å². The van der Waals surface area contributed by atoms with Crippen molar-refractivity contribution in [2.24, 2.45) is 5.92 Å². The van der Waals surface area contributed by atoms with E-state index >= 15 is 0 Å². The van der Waals surface area contributed by atoms with Crippen molar-refractivity contribution in [2.75, 3.05) is 32.8 Å². The Morgan fingerprint density at radius 1 is 1.15 bits per heavy atom. The minimum atomic E-state index is -0.273. The molecule has 1 atom stereocenters. The number of nitrogens with zero attached hydrogens (tertiary/aromatic N) is 3. The van der Waals surface area contributed by atoms with Crippen LogP contribution in [0.5, 0.6) is 0 Å². The normalized spacial score (nSPS) is 21.4. The maximum Gasteiger partial charge on any atom is 0.123 e. The molecule has 1 aromatic rings. The van der Waals surface area contributed by atoms with Gasteiger partial charge in [0.1, 0.15) is 5.82 Å². The Kier molecular flexibility index (Phi) is 6.42. The van der Waals surface area contributed by atoms with Crippen molar-refractivity contribution in [3.05, 3.63) is 41.2 Å². The molecule has 5 heteroatoms. The summed E-state index contributed by atoms with van der Waals surface area (Å²) in [6, 6.07) is 8.56. The zero-order chi connectivity index (χ0) is 18.5. The molecule has 0 aromatic heterocycles. The molecule has 2 aliphatic rings. The van der Waals surface area contributed by atoms with Gasteiger partial charge in [-0.05, 0) is 74.9 Å². The first kappa shape index (κ1) is 19.0. The molecule has 0 bridgehead atoms. The van der Waals surface area contributed by atoms with Crippen LogP contribution in [-0.2, 0) is 0 Å². The third kappa shape index (κ3) is 4.32. The highest BCUT2D eigenvalue weighted by Gasteiger charge is 2.28. The average molecular weight is 357 g/mol. The lowest BCUT2D eigenvalue weighted by Crippen LogP contribution is -2.51. The zero-order valence-corrected chi connectivity index (χ0v) is 15.5. The smallest absolute Gasteiger partial charge is 0.123 e. The molecule has 3 rings (SSSR count). The van der Waals surface area contributed by atoms with Crippen LogP contribution >= 0.6 is 0 Å². The van der Waals surface area contributed by atoms with Crippen molar-refractivity contribution in [1.29, 1.82) is 5.26 Å². The fourth-order valence-corrected chi connectivity index (χ4v) is 4.12. The summed E-state index contributed by atoms with van der Waals surface area (Å²) in [4.78, 5) is 4.99. The van der Waals surface area contributed by atoms with Crippen LogP contribution in [0.3, 0.4) is 0 Å². The largest absolute Gasteiger partial charge is 0.396 e. The number of allylic oxidation sites excluding steroid dienone is 1. The second kappa shape index (κ2) is 8.77. The molecule has 1 aromatic carbocycles. The third-order valence-corrected chi connectivity index (χ3v) is 5.96. The van der Waals surface area contributed by atoms with Gasteiger partial charge in [-0.3, -0.25) is 9.80 Å². The number of likely N-dealkylation sites (tertiary alicyclic amines) is 2. The van der Waals surface area contributed by atoms with Crippen LogP contribution in [0.15, 0.2) is 29.8 Å². The molecule has 0 aliphatic carbocycles. The fraction of sp³-hybridized carbons (Fsp3) is 0.571. The van der Waals surface area contributed by atoms with Gasteiger partial charge >= 0.3 is 0 Å². The van der Waals surface area contributed by atoms with E-state index in [4.69, 9.17) is 0 Å². The number of benzene rings is 1. The molecule has 140 valence electrons. The van der Waals surface area contributed by atoms with Crippen LogP contribution in [0, 0.1) is 23.1 Å². The number of piperidine rings is 2. The molecule has 0 spiro atoms. The van der Waals surface area contributed by atoms with E-state index in [-0.39, 0.29) is 5.82 Å². The fourth-order valence-electron chi connectivity index (χ4n) is 4.12. The molecule has 2 aliphatic heterocycles. The molecule has 0 saturated carbocycles. The standard InChI is InChI=1S/C21H28FN3O/c1-16(24-10-6-17(15-26)7-11-24)25-12-8-19(9-13-25)21(14-23)18-2-4-20(22)5-3-18/h2-5,16-17,26H,6-13,15H2,1H3. The van der Waals surface area contributed by atoms with Gasteiger partial charge in [-0.1, -0.05) is 12.1 Å². The topological polar surface area (TPSA) is 50.5 Å². The summed E-state index contributed by atoms with van der Waals surface area (Å²) in [6.45, 7) is 6.56. The summed E-state index contributed by atoms with van der Waals surface area (Å²) in [6.07, 6.45) is 4.31. The van der Waals surface area contributed by atoms with Crippen LogP contribution in [0.25, 0.3) is 5.57 Å². The molecular formula is C21H28FN3O. The highest BCUT2D eigenvalue weighted by Crippen LogP contribution is 2.28. The molecule has 0 amide bonds. The predicted molar refractivity (Wildman–Crippen MR) is 101 cm³/mol. The van der Waals surface area contributed by atoms with Gasteiger partial charge in [0.15, 0.2) is 0 Å². The van der Waals surface area contributed by atoms with Crippen molar-refractivity contribution in [3.8, 4) is 6.07 Å². The molecule has 26 heavy (non-hydrogen) atoms. The zero-order valence-electron chi connectivity index (χ0n) is 15.5. The Hall–Kier alpha value is -1.74. The minimum Gasteiger partial charge on any atom is -0.396 e. The molecular weight excluding hydrogens is 329 g/mol. The van der Waals surface area contributed by atoms with Crippen molar-refractivity contribution < 1.29 is 9.50 Å². The van der Waals surface area contributed by atoms with Gasteiger partial charge in [0, 0.05) is 19.7 Å². The SMILES string of the molecule is CC(N1CCC(=C(C#N)c2ccc(F)cc2)CC1)N1CCC(CO)CC1. The number of hydrogen-bond acceptors (Lipinski definition) is 4. The van der Waals surface area contributed by atoms with Gasteiger partial charge in [0.25, 0.3) is 0 Å². The van der Waals surface area contributed by atoms with E-state index in [1.165, 1.54) is 17.7 Å². The number of hydrogen-bond donors (Lipinski definition) is 1. The third-order valence-electron chi connectivity index (χ3n) is 5.96. The number of halogens is 1. The lowest BCUT2D eigenvalue weighted by atomic mass is 9.93. The molecule has 0 radical (unpaired) electrons. The van der Waals surface area contributed by atoms with Gasteiger partial charge in [-0.15, -0.1) is 0 Å². The summed E-state index contributed by atoms with van der Waals surface area (Å²) >= 11 is 0. The second-order valence-corrected chi connectivity index (χ2v) is 7.43. The summed E-state index contributed by atoms with van der Waals surface area (Å²) in [5.74, 6) is 0.188. The van der Waals surface area contributed by atoms with Gasteiger partial charge in [-0.2, -0.15) is 5.26 Å². The Balaban J connectivity index is 1.61. The molecule has 1 unspecified atom stereocenters. The van der Waals surface area contributed by atoms with Crippen molar-refractivity contribution >= 4 is 5.57 Å². The lowest BCUT2D eigenvalue weighted by Gasteiger charge is -2.43. The Morgan fingerprint density at radius 2 is 1.73 bits per heavy atom. The highest BCUT2D eigenvalue weighted by molar-refractivity contribution is 5.79. The Morgan fingerprint density at radius 3 is 2.27 bits per heavy atom. The number of nitriles is 1. The summed E-state index contributed by atoms with van der Waals surface area (Å²) in [5, 5.41) is 18.9. The van der Waals surface area contributed by atoms with Crippen LogP contribution in [-0.4, -0.2) is 53.9 Å². The molecule has 2 heterocycles. The van der Waals surface area contributed by atoms with E-state index < -0.39 is 0 Å². The highest BCUT2D eigenvalue weighted by atomic mass is 19.1. The second-order valence-electron chi connectivity index (χ2n) is 7.43. The Bertz CT molecular complexity index is 661. The van der Waals surface area contributed by atoms with E-state index in [1.807, 2.05) is 0 Å². The number of aliphatic hydroxyl groups is 1. The van der Waals surface area contributed by atoms with Crippen LogP contribution in [0.2, 0.25) is 0 Å².